The molecule has 0 N–H and O–H groups in total. The highest BCUT2D eigenvalue weighted by Gasteiger charge is 2.11. The van der Waals surface area contributed by atoms with E-state index in [0.717, 1.165) is 28.2 Å². The van der Waals surface area contributed by atoms with Crippen molar-refractivity contribution < 1.29 is 4.74 Å². The van der Waals surface area contributed by atoms with E-state index >= 15 is 0 Å². The van der Waals surface area contributed by atoms with E-state index in [1.54, 1.807) is 6.08 Å². The molecule has 0 aliphatic heterocycles. The Labute approximate surface area is 186 Å². The van der Waals surface area contributed by atoms with E-state index < -0.39 is 5.56 Å². The molecule has 2 aromatic heterocycles. The van der Waals surface area contributed by atoms with Crippen molar-refractivity contribution >= 4 is 22.4 Å². The van der Waals surface area contributed by atoms with Crippen LogP contribution in [0.2, 0.25) is 0 Å². The Balaban J connectivity index is 1.51. The molecular weight excluding hydrogens is 422 g/mol. The summed E-state index contributed by atoms with van der Waals surface area (Å²) >= 11 is 1.14. The first-order chi connectivity index (χ1) is 15.7. The van der Waals surface area contributed by atoms with Gasteiger partial charge in [-0.1, -0.05) is 72.0 Å². The monoisotopic (exact) mass is 439 g/mol. The van der Waals surface area contributed by atoms with Crippen LogP contribution in [0.25, 0.3) is 11.0 Å². The molecule has 0 fully saturated rings. The molecule has 156 valence electrons. The van der Waals surface area contributed by atoms with Crippen LogP contribution in [0.5, 0.6) is 11.5 Å². The molecule has 0 saturated carbocycles. The van der Waals surface area contributed by atoms with Crippen molar-refractivity contribution in [3.05, 3.63) is 127 Å². The number of rotatable bonds is 5. The number of hydrogen-bond donors (Lipinski definition) is 0. The lowest BCUT2D eigenvalue weighted by Crippen LogP contribution is -2.28. The van der Waals surface area contributed by atoms with Crippen molar-refractivity contribution in [1.29, 1.82) is 0 Å². The Kier molecular flexibility index (Phi) is 5.31. The second-order valence-electron chi connectivity index (χ2n) is 7.12. The highest BCUT2D eigenvalue weighted by atomic mass is 32.1. The molecule has 0 amide bonds. The minimum Gasteiger partial charge on any atom is -0.457 e. The number of benzene rings is 3. The fourth-order valence-electron chi connectivity index (χ4n) is 3.28. The van der Waals surface area contributed by atoms with E-state index in [9.17, 15) is 9.59 Å². The zero-order valence-corrected chi connectivity index (χ0v) is 17.7. The van der Waals surface area contributed by atoms with Crippen molar-refractivity contribution in [2.45, 2.75) is 6.42 Å². The van der Waals surface area contributed by atoms with Crippen LogP contribution >= 0.6 is 11.3 Å². The number of ether oxygens (including phenoxy) is 1. The Morgan fingerprint density at radius 3 is 2.38 bits per heavy atom. The van der Waals surface area contributed by atoms with Crippen molar-refractivity contribution in [2.75, 3.05) is 0 Å². The van der Waals surface area contributed by atoms with Crippen LogP contribution in [-0.2, 0) is 6.42 Å². The molecule has 0 bridgehead atoms. The molecule has 0 aliphatic carbocycles. The first-order valence-electron chi connectivity index (χ1n) is 9.97. The van der Waals surface area contributed by atoms with Gasteiger partial charge in [-0.2, -0.15) is 14.6 Å². The maximum absolute atomic E-state index is 12.9. The van der Waals surface area contributed by atoms with E-state index in [0.29, 0.717) is 16.7 Å². The Hall–Kier alpha value is -4.10. The number of thiazole rings is 1. The summed E-state index contributed by atoms with van der Waals surface area (Å²) < 4.78 is 7.52. The molecule has 3 aromatic carbocycles. The predicted octanol–water partition coefficient (Wildman–Crippen LogP) is 3.44. The highest BCUT2D eigenvalue weighted by Crippen LogP contribution is 2.22. The summed E-state index contributed by atoms with van der Waals surface area (Å²) in [5.74, 6) is 1.39. The molecule has 6 nitrogen and oxygen atoms in total. The summed E-state index contributed by atoms with van der Waals surface area (Å²) in [6, 6.07) is 26.4. The van der Waals surface area contributed by atoms with Crippen LogP contribution < -0.4 is 20.4 Å². The number of nitrogens with zero attached hydrogens (tertiary/aromatic N) is 3. The number of fused-ring (bicyclic) bond motifs is 1. The molecule has 0 radical (unpaired) electrons. The van der Waals surface area contributed by atoms with Gasteiger partial charge in [-0.25, -0.2) is 0 Å². The van der Waals surface area contributed by atoms with E-state index in [2.05, 4.69) is 10.1 Å². The number of aromatic nitrogens is 3. The summed E-state index contributed by atoms with van der Waals surface area (Å²) in [5.41, 5.74) is 1.26. The van der Waals surface area contributed by atoms with Gasteiger partial charge in [-0.3, -0.25) is 9.59 Å². The molecule has 0 spiro atoms. The van der Waals surface area contributed by atoms with Crippen LogP contribution in [0.15, 0.2) is 94.5 Å². The van der Waals surface area contributed by atoms with E-state index in [-0.39, 0.29) is 16.2 Å². The van der Waals surface area contributed by atoms with Gasteiger partial charge in [0.2, 0.25) is 4.96 Å². The molecule has 32 heavy (non-hydrogen) atoms. The fraction of sp³-hybridized carbons (Fsp3) is 0.0400. The lowest BCUT2D eigenvalue weighted by Gasteiger charge is -2.05. The van der Waals surface area contributed by atoms with Gasteiger partial charge in [0, 0.05) is 6.42 Å². The standard InChI is InChI=1S/C25H17N3O3S/c29-23-21(15-17-8-3-1-4-9-17)27-28-24(30)22(32-25(28)26-23)16-18-10-7-13-20(14-18)31-19-11-5-2-6-12-19/h1-14,16H,15H2/b22-16+. The summed E-state index contributed by atoms with van der Waals surface area (Å²) in [6.45, 7) is 0. The Bertz CT molecular complexity index is 1560. The second kappa shape index (κ2) is 8.56. The predicted molar refractivity (Wildman–Crippen MR) is 124 cm³/mol. The highest BCUT2D eigenvalue weighted by molar-refractivity contribution is 7.15. The minimum absolute atomic E-state index is 0.244. The molecule has 5 aromatic rings. The normalized spacial score (nSPS) is 11.7. The molecule has 0 aliphatic rings. The molecule has 0 saturated heterocycles. The smallest absolute Gasteiger partial charge is 0.296 e. The summed E-state index contributed by atoms with van der Waals surface area (Å²) in [6.07, 6.45) is 2.07. The third kappa shape index (κ3) is 4.19. The second-order valence-corrected chi connectivity index (χ2v) is 8.13. The van der Waals surface area contributed by atoms with Gasteiger partial charge in [-0.15, -0.1) is 0 Å². The van der Waals surface area contributed by atoms with Crippen LogP contribution in [0, 0.1) is 0 Å². The maximum Gasteiger partial charge on any atom is 0.296 e. The molecule has 5 rings (SSSR count). The van der Waals surface area contributed by atoms with Gasteiger partial charge in [0.05, 0.1) is 4.53 Å². The van der Waals surface area contributed by atoms with Crippen LogP contribution in [0.4, 0.5) is 0 Å². The average molecular weight is 439 g/mol. The number of para-hydroxylation sites is 1. The molecular formula is C25H17N3O3S. The lowest BCUT2D eigenvalue weighted by molar-refractivity contribution is 0.482. The third-order valence-electron chi connectivity index (χ3n) is 4.80. The average Bonchev–Trinajstić information content (AvgIpc) is 3.10. The Morgan fingerprint density at radius 1 is 0.875 bits per heavy atom. The lowest BCUT2D eigenvalue weighted by atomic mass is 10.1. The molecule has 0 unspecified atom stereocenters. The first-order valence-corrected chi connectivity index (χ1v) is 10.8. The largest absolute Gasteiger partial charge is 0.457 e. The molecule has 0 atom stereocenters. The van der Waals surface area contributed by atoms with Crippen molar-refractivity contribution in [3.63, 3.8) is 0 Å². The first kappa shape index (κ1) is 19.8. The Morgan fingerprint density at radius 2 is 1.59 bits per heavy atom. The zero-order chi connectivity index (χ0) is 21.9. The van der Waals surface area contributed by atoms with Crippen LogP contribution in [0.3, 0.4) is 0 Å². The van der Waals surface area contributed by atoms with E-state index in [1.807, 2.05) is 84.9 Å². The summed E-state index contributed by atoms with van der Waals surface area (Å²) in [5, 5.41) is 4.30. The van der Waals surface area contributed by atoms with Gasteiger partial charge in [-0.05, 0) is 41.5 Å². The van der Waals surface area contributed by atoms with Crippen molar-refractivity contribution in [3.8, 4) is 11.5 Å². The van der Waals surface area contributed by atoms with Crippen molar-refractivity contribution in [2.24, 2.45) is 0 Å². The minimum atomic E-state index is -0.417. The van der Waals surface area contributed by atoms with Gasteiger partial charge < -0.3 is 4.74 Å². The van der Waals surface area contributed by atoms with Crippen LogP contribution in [-0.4, -0.2) is 14.6 Å². The van der Waals surface area contributed by atoms with Crippen molar-refractivity contribution in [1.82, 2.24) is 14.6 Å². The summed E-state index contributed by atoms with van der Waals surface area (Å²) in [4.78, 5) is 29.7. The zero-order valence-electron chi connectivity index (χ0n) is 16.8. The quantitative estimate of drug-likeness (QED) is 0.419. The summed E-state index contributed by atoms with van der Waals surface area (Å²) in [7, 11) is 0. The van der Waals surface area contributed by atoms with Gasteiger partial charge >= 0.3 is 0 Å². The van der Waals surface area contributed by atoms with Gasteiger partial charge in [0.1, 0.15) is 17.2 Å². The molecule has 7 heteroatoms. The fourth-order valence-corrected chi connectivity index (χ4v) is 4.19. The van der Waals surface area contributed by atoms with Crippen LogP contribution in [0.1, 0.15) is 16.8 Å². The molecule has 2 heterocycles. The van der Waals surface area contributed by atoms with E-state index in [1.165, 1.54) is 4.52 Å². The number of hydrogen-bond acceptors (Lipinski definition) is 6. The van der Waals surface area contributed by atoms with Gasteiger partial charge in [0.15, 0.2) is 0 Å². The van der Waals surface area contributed by atoms with E-state index in [4.69, 9.17) is 4.74 Å². The maximum atomic E-state index is 12.9. The topological polar surface area (TPSA) is 73.6 Å². The SMILES string of the molecule is O=c1nc2s/c(=C/c3cccc(Oc4ccccc4)c3)c(=O)n2nc1Cc1ccccc1. The third-order valence-corrected chi connectivity index (χ3v) is 5.76. The van der Waals surface area contributed by atoms with Gasteiger partial charge in [0.25, 0.3) is 11.1 Å².